The fourth-order valence-electron chi connectivity index (χ4n) is 5.82. The molecule has 0 unspecified atom stereocenters. The lowest BCUT2D eigenvalue weighted by molar-refractivity contribution is 0.772. The minimum atomic E-state index is -0.263. The lowest BCUT2D eigenvalue weighted by Crippen LogP contribution is -2.18. The number of aromatic nitrogens is 9. The molecule has 8 rings (SSSR count). The summed E-state index contributed by atoms with van der Waals surface area (Å²) in [5, 5.41) is 4.22. The number of nitrogens with two attached hydrogens (primary N) is 3. The van der Waals surface area contributed by atoms with Crippen molar-refractivity contribution in [3.05, 3.63) is 119 Å². The van der Waals surface area contributed by atoms with Crippen LogP contribution in [0.5, 0.6) is 0 Å². The van der Waals surface area contributed by atoms with Gasteiger partial charge in [-0.3, -0.25) is 14.1 Å². The van der Waals surface area contributed by atoms with E-state index < -0.39 is 0 Å². The number of benzene rings is 1. The number of rotatable bonds is 8. The van der Waals surface area contributed by atoms with E-state index in [4.69, 9.17) is 17.2 Å². The van der Waals surface area contributed by atoms with Gasteiger partial charge in [-0.05, 0) is 66.1 Å². The van der Waals surface area contributed by atoms with Crippen LogP contribution in [0.15, 0.2) is 75.1 Å². The molecule has 0 aliphatic rings. The lowest BCUT2D eigenvalue weighted by Gasteiger charge is -2.05. The number of nitrogen functional groups attached to an aromatic ring is 2. The summed E-state index contributed by atoms with van der Waals surface area (Å²) >= 11 is 3.40. The summed E-state index contributed by atoms with van der Waals surface area (Å²) in [6.45, 7) is 6.97. The zero-order chi connectivity index (χ0) is 36.5. The number of hydrogen-bond donors (Lipinski definition) is 5. The fourth-order valence-corrected chi connectivity index (χ4v) is 7.42. The van der Waals surface area contributed by atoms with E-state index in [1.807, 2.05) is 36.4 Å². The highest BCUT2D eigenvalue weighted by Crippen LogP contribution is 2.27. The highest BCUT2D eigenvalue weighted by molar-refractivity contribution is 7.10. The summed E-state index contributed by atoms with van der Waals surface area (Å²) in [4.78, 5) is 54.0. The van der Waals surface area contributed by atoms with Gasteiger partial charge in [0.2, 0.25) is 0 Å². The Balaban J connectivity index is 0.000000178. The van der Waals surface area contributed by atoms with Crippen molar-refractivity contribution in [3.63, 3.8) is 0 Å². The van der Waals surface area contributed by atoms with Gasteiger partial charge < -0.3 is 27.2 Å². The summed E-state index contributed by atoms with van der Waals surface area (Å²) in [6.07, 6.45) is 2.82. The smallest absolute Gasteiger partial charge is 0.328 e. The summed E-state index contributed by atoms with van der Waals surface area (Å²) in [5.74, 6) is 1.62. The molecule has 14 nitrogen and oxygen atoms in total. The van der Waals surface area contributed by atoms with Crippen molar-refractivity contribution in [2.24, 2.45) is 5.73 Å². The predicted octanol–water partition coefficient (Wildman–Crippen LogP) is 5.63. The van der Waals surface area contributed by atoms with E-state index in [2.05, 4.69) is 64.7 Å². The number of fused-ring (bicyclic) bond motifs is 2. The van der Waals surface area contributed by atoms with Gasteiger partial charge in [-0.15, -0.1) is 22.7 Å². The first-order chi connectivity index (χ1) is 25.1. The van der Waals surface area contributed by atoms with Crippen LogP contribution in [-0.2, 0) is 26.1 Å². The number of anilines is 2. The van der Waals surface area contributed by atoms with Crippen LogP contribution in [0.3, 0.4) is 0 Å². The molecule has 0 spiro atoms. The van der Waals surface area contributed by atoms with E-state index in [0.29, 0.717) is 53.6 Å². The molecule has 8 aromatic rings. The van der Waals surface area contributed by atoms with Gasteiger partial charge in [0.25, 0.3) is 0 Å². The normalized spacial score (nSPS) is 11.1. The lowest BCUT2D eigenvalue weighted by atomic mass is 10.1. The van der Waals surface area contributed by atoms with Crippen molar-refractivity contribution in [1.29, 1.82) is 0 Å². The summed E-state index contributed by atoms with van der Waals surface area (Å²) in [7, 11) is 0. The molecule has 7 heterocycles. The van der Waals surface area contributed by atoms with Crippen molar-refractivity contribution in [2.75, 3.05) is 11.5 Å². The fraction of sp³-hybridized carbons (Fsp3) is 0.216. The number of hydrogen-bond acceptors (Lipinski definition) is 12. The van der Waals surface area contributed by atoms with Gasteiger partial charge in [0, 0.05) is 33.4 Å². The van der Waals surface area contributed by atoms with Gasteiger partial charge in [-0.25, -0.2) is 29.5 Å². The second kappa shape index (κ2) is 15.3. The molecule has 0 aliphatic carbocycles. The Hall–Kier alpha value is -5.97. The zero-order valence-electron chi connectivity index (χ0n) is 28.7. The first-order valence-corrected chi connectivity index (χ1v) is 18.2. The minimum Gasteiger partial charge on any atom is -0.382 e. The second-order valence-electron chi connectivity index (χ2n) is 12.2. The summed E-state index contributed by atoms with van der Waals surface area (Å²) in [6, 6.07) is 16.3. The minimum absolute atomic E-state index is 0. The van der Waals surface area contributed by atoms with Crippen molar-refractivity contribution in [2.45, 2.75) is 54.3 Å². The van der Waals surface area contributed by atoms with Crippen molar-refractivity contribution in [1.82, 2.24) is 44.0 Å². The third-order valence-electron chi connectivity index (χ3n) is 8.47. The second-order valence-corrected chi connectivity index (χ2v) is 14.1. The van der Waals surface area contributed by atoms with Gasteiger partial charge >= 0.3 is 11.4 Å². The molecule has 0 bridgehead atoms. The van der Waals surface area contributed by atoms with Gasteiger partial charge in [0.1, 0.15) is 22.7 Å². The largest absolute Gasteiger partial charge is 0.382 e. The quantitative estimate of drug-likeness (QED) is 0.129. The van der Waals surface area contributed by atoms with Crippen molar-refractivity contribution < 1.29 is 0 Å². The molecule has 16 heteroatoms. The van der Waals surface area contributed by atoms with E-state index >= 15 is 0 Å². The van der Waals surface area contributed by atoms with Crippen LogP contribution in [0.2, 0.25) is 0 Å². The first-order valence-electron chi connectivity index (χ1n) is 16.4. The maximum atomic E-state index is 12.3. The van der Waals surface area contributed by atoms with Gasteiger partial charge in [0.05, 0.1) is 18.8 Å². The number of aryl methyl sites for hydroxylation is 3. The Morgan fingerprint density at radius 3 is 1.74 bits per heavy atom. The predicted molar refractivity (Wildman–Crippen MR) is 214 cm³/mol. The first kappa shape index (κ1) is 36.8. The number of H-pyrrole nitrogens is 2. The molecule has 7 aromatic heterocycles. The number of aromatic amines is 2. The Morgan fingerprint density at radius 1 is 0.698 bits per heavy atom. The monoisotopic (exact) mass is 748 g/mol. The van der Waals surface area contributed by atoms with Crippen molar-refractivity contribution >= 4 is 56.6 Å². The SMILES string of the molecule is C.CCc1cc(-c2ccc(Cn3c(=O)[nH]c4c(N)nc(C)nc43)cn2)cs1.Cc1nc(N)c2[nH]c(=O)n(Cc3ccc(-c4csc(CN)c4)cc3)c2n1. The number of pyridine rings is 1. The molecule has 1 aromatic carbocycles. The molecule has 8 N–H and O–H groups in total. The van der Waals surface area contributed by atoms with E-state index in [1.54, 1.807) is 51.9 Å². The van der Waals surface area contributed by atoms with Crippen LogP contribution >= 0.6 is 22.7 Å². The average Bonchev–Trinajstić information content (AvgIpc) is 3.94. The molecular formula is C37H40N12O2S2. The summed E-state index contributed by atoms with van der Waals surface area (Å²) in [5.41, 5.74) is 25.2. The highest BCUT2D eigenvalue weighted by Gasteiger charge is 2.15. The highest BCUT2D eigenvalue weighted by atomic mass is 32.1. The van der Waals surface area contributed by atoms with Gasteiger partial charge in [0.15, 0.2) is 22.9 Å². The number of thiophene rings is 2. The van der Waals surface area contributed by atoms with E-state index in [0.717, 1.165) is 44.8 Å². The van der Waals surface area contributed by atoms with Crippen LogP contribution in [0, 0.1) is 13.8 Å². The Morgan fingerprint density at radius 2 is 1.23 bits per heavy atom. The molecule has 0 atom stereocenters. The Bertz CT molecular complexity index is 2460. The van der Waals surface area contributed by atoms with Crippen molar-refractivity contribution in [3.8, 4) is 22.4 Å². The third-order valence-corrected chi connectivity index (χ3v) is 10.5. The molecule has 272 valence electrons. The topological polar surface area (TPSA) is 218 Å². The molecule has 0 saturated heterocycles. The number of nitrogens with one attached hydrogen (secondary N) is 2. The maximum Gasteiger partial charge on any atom is 0.328 e. The number of imidazole rings is 2. The zero-order valence-corrected chi connectivity index (χ0v) is 30.3. The standard InChI is InChI=1S/2C18H18N6OS.CH4/c1-10-21-16(20)15-17(22-10)24(18(25)23-15)8-11-2-4-12(5-3-11)13-6-14(7-19)26-9-13;1-3-13-6-12(9-26-13)14-5-4-11(7-20-14)8-24-17-15(23-18(24)25)16(19)21-10(2)22-17;/h2-6,9H,7-8,19H2,1H3,(H,23,25)(H2,20,21,22);4-7,9H,3,8H2,1-2H3,(H,23,25)(H2,19,21,22);1H4. The van der Waals surface area contributed by atoms with Crippen LogP contribution in [0.4, 0.5) is 11.6 Å². The van der Waals surface area contributed by atoms with E-state index in [9.17, 15) is 9.59 Å². The van der Waals surface area contributed by atoms with E-state index in [-0.39, 0.29) is 30.4 Å². The van der Waals surface area contributed by atoms with Gasteiger partial charge in [-0.1, -0.05) is 44.7 Å². The third kappa shape index (κ3) is 7.65. The molecular weight excluding hydrogens is 709 g/mol. The number of nitrogens with zero attached hydrogens (tertiary/aromatic N) is 7. The average molecular weight is 749 g/mol. The molecule has 0 radical (unpaired) electrons. The maximum absolute atomic E-state index is 12.3. The van der Waals surface area contributed by atoms with Crippen LogP contribution in [0.25, 0.3) is 44.7 Å². The van der Waals surface area contributed by atoms with Gasteiger partial charge in [-0.2, -0.15) is 0 Å². The molecule has 0 aliphatic heterocycles. The molecule has 0 amide bonds. The molecule has 53 heavy (non-hydrogen) atoms. The van der Waals surface area contributed by atoms with Crippen LogP contribution < -0.4 is 28.6 Å². The molecule has 0 fully saturated rings. The molecule has 0 saturated carbocycles. The Kier molecular flexibility index (Phi) is 10.6. The van der Waals surface area contributed by atoms with Crippen LogP contribution in [0.1, 0.15) is 46.9 Å². The van der Waals surface area contributed by atoms with Crippen LogP contribution in [-0.4, -0.2) is 44.0 Å². The Labute approximate surface area is 312 Å². The summed E-state index contributed by atoms with van der Waals surface area (Å²) < 4.78 is 3.13. The van der Waals surface area contributed by atoms with E-state index in [1.165, 1.54) is 4.88 Å².